The van der Waals surface area contributed by atoms with Crippen LogP contribution in [0.1, 0.15) is 12.0 Å². The lowest BCUT2D eigenvalue weighted by molar-refractivity contribution is 0.306. The Balaban J connectivity index is 0.00000208. The highest BCUT2D eigenvalue weighted by Crippen LogP contribution is 2.22. The number of hydrogen-bond donors (Lipinski definition) is 1. The van der Waals surface area contributed by atoms with Gasteiger partial charge in [-0.15, -0.1) is 12.4 Å². The SMILES string of the molecule is Cl.NCCCn1cc(-c2ccc(OCc3ccccc3)cc2)cn1. The third-order valence-corrected chi connectivity index (χ3v) is 3.66. The molecule has 0 spiro atoms. The largest absolute Gasteiger partial charge is 0.489 e. The first-order valence-electron chi connectivity index (χ1n) is 7.85. The molecule has 5 heteroatoms. The van der Waals surface area contributed by atoms with Crippen LogP contribution in [-0.2, 0) is 13.2 Å². The molecule has 2 N–H and O–H groups in total. The molecular formula is C19H22ClN3O. The average Bonchev–Trinajstić information content (AvgIpc) is 3.08. The van der Waals surface area contributed by atoms with Gasteiger partial charge in [-0.05, 0) is 36.2 Å². The summed E-state index contributed by atoms with van der Waals surface area (Å²) in [5.74, 6) is 0.869. The van der Waals surface area contributed by atoms with E-state index in [0.29, 0.717) is 13.2 Å². The van der Waals surface area contributed by atoms with E-state index in [1.165, 1.54) is 0 Å². The monoisotopic (exact) mass is 343 g/mol. The van der Waals surface area contributed by atoms with E-state index in [4.69, 9.17) is 10.5 Å². The highest BCUT2D eigenvalue weighted by atomic mass is 35.5. The van der Waals surface area contributed by atoms with Crippen LogP contribution in [0, 0.1) is 0 Å². The Morgan fingerprint density at radius 1 is 0.958 bits per heavy atom. The van der Waals surface area contributed by atoms with Gasteiger partial charge in [0, 0.05) is 18.3 Å². The van der Waals surface area contributed by atoms with Gasteiger partial charge >= 0.3 is 0 Å². The number of ether oxygens (including phenoxy) is 1. The van der Waals surface area contributed by atoms with E-state index in [1.807, 2.05) is 41.2 Å². The van der Waals surface area contributed by atoms with E-state index < -0.39 is 0 Å². The van der Waals surface area contributed by atoms with Crippen molar-refractivity contribution in [3.05, 3.63) is 72.6 Å². The number of hydrogen-bond acceptors (Lipinski definition) is 3. The maximum Gasteiger partial charge on any atom is 0.119 e. The number of halogens is 1. The zero-order valence-corrected chi connectivity index (χ0v) is 14.3. The summed E-state index contributed by atoms with van der Waals surface area (Å²) >= 11 is 0. The minimum atomic E-state index is 0. The summed E-state index contributed by atoms with van der Waals surface area (Å²) in [5, 5.41) is 4.36. The Bertz CT molecular complexity index is 726. The van der Waals surface area contributed by atoms with Crippen LogP contribution in [0.5, 0.6) is 5.75 Å². The van der Waals surface area contributed by atoms with Crippen LogP contribution in [0.25, 0.3) is 11.1 Å². The molecule has 1 aromatic heterocycles. The molecule has 1 heterocycles. The summed E-state index contributed by atoms with van der Waals surface area (Å²) in [7, 11) is 0. The summed E-state index contributed by atoms with van der Waals surface area (Å²) in [4.78, 5) is 0. The minimum absolute atomic E-state index is 0. The smallest absolute Gasteiger partial charge is 0.119 e. The average molecular weight is 344 g/mol. The minimum Gasteiger partial charge on any atom is -0.489 e. The molecule has 4 nitrogen and oxygen atoms in total. The van der Waals surface area contributed by atoms with Crippen molar-refractivity contribution >= 4 is 12.4 Å². The molecule has 0 aliphatic heterocycles. The maximum absolute atomic E-state index is 5.81. The van der Waals surface area contributed by atoms with Gasteiger partial charge in [0.25, 0.3) is 0 Å². The second-order valence-corrected chi connectivity index (χ2v) is 5.43. The van der Waals surface area contributed by atoms with Crippen LogP contribution in [0.4, 0.5) is 0 Å². The fraction of sp³-hybridized carbons (Fsp3) is 0.211. The Labute approximate surface area is 148 Å². The number of benzene rings is 2. The molecule has 0 radical (unpaired) electrons. The van der Waals surface area contributed by atoms with Crippen LogP contribution < -0.4 is 10.5 Å². The highest BCUT2D eigenvalue weighted by molar-refractivity contribution is 5.85. The number of aromatic nitrogens is 2. The van der Waals surface area contributed by atoms with E-state index in [1.54, 1.807) is 0 Å². The summed E-state index contributed by atoms with van der Waals surface area (Å²) in [6, 6.07) is 18.3. The number of rotatable bonds is 7. The molecule has 0 fully saturated rings. The van der Waals surface area contributed by atoms with E-state index in [0.717, 1.165) is 35.4 Å². The van der Waals surface area contributed by atoms with E-state index >= 15 is 0 Å². The van der Waals surface area contributed by atoms with Crippen LogP contribution >= 0.6 is 12.4 Å². The van der Waals surface area contributed by atoms with Gasteiger partial charge in [0.1, 0.15) is 12.4 Å². The van der Waals surface area contributed by atoms with Gasteiger partial charge in [-0.2, -0.15) is 5.10 Å². The molecule has 24 heavy (non-hydrogen) atoms. The third-order valence-electron chi connectivity index (χ3n) is 3.66. The lowest BCUT2D eigenvalue weighted by Crippen LogP contribution is -2.05. The number of aryl methyl sites for hydroxylation is 1. The summed E-state index contributed by atoms with van der Waals surface area (Å²) in [5.41, 5.74) is 8.93. The molecule has 3 aromatic rings. The van der Waals surface area contributed by atoms with Crippen LogP contribution in [0.2, 0.25) is 0 Å². The fourth-order valence-corrected chi connectivity index (χ4v) is 2.37. The molecule has 0 aliphatic rings. The highest BCUT2D eigenvalue weighted by Gasteiger charge is 2.03. The Kier molecular flexibility index (Phi) is 6.85. The molecular weight excluding hydrogens is 322 g/mol. The van der Waals surface area contributed by atoms with Crippen molar-refractivity contribution in [2.75, 3.05) is 6.54 Å². The van der Waals surface area contributed by atoms with Crippen LogP contribution in [-0.4, -0.2) is 16.3 Å². The molecule has 0 saturated heterocycles. The second kappa shape index (κ2) is 9.11. The van der Waals surface area contributed by atoms with Gasteiger partial charge in [0.2, 0.25) is 0 Å². The molecule has 2 aromatic carbocycles. The molecule has 0 amide bonds. The van der Waals surface area contributed by atoms with E-state index in [9.17, 15) is 0 Å². The van der Waals surface area contributed by atoms with E-state index in [2.05, 4.69) is 35.6 Å². The van der Waals surface area contributed by atoms with Gasteiger partial charge in [-0.3, -0.25) is 4.68 Å². The Morgan fingerprint density at radius 3 is 2.42 bits per heavy atom. The molecule has 0 atom stereocenters. The quantitative estimate of drug-likeness (QED) is 0.707. The van der Waals surface area contributed by atoms with E-state index in [-0.39, 0.29) is 12.4 Å². The predicted molar refractivity (Wildman–Crippen MR) is 99.4 cm³/mol. The van der Waals surface area contributed by atoms with Crippen LogP contribution in [0.15, 0.2) is 67.0 Å². The van der Waals surface area contributed by atoms with Gasteiger partial charge < -0.3 is 10.5 Å². The van der Waals surface area contributed by atoms with Crippen molar-refractivity contribution in [1.82, 2.24) is 9.78 Å². The van der Waals surface area contributed by atoms with Crippen molar-refractivity contribution in [1.29, 1.82) is 0 Å². The van der Waals surface area contributed by atoms with Gasteiger partial charge in [0.15, 0.2) is 0 Å². The van der Waals surface area contributed by atoms with Gasteiger partial charge in [-0.1, -0.05) is 42.5 Å². The summed E-state index contributed by atoms with van der Waals surface area (Å²) in [6.45, 7) is 2.12. The zero-order valence-electron chi connectivity index (χ0n) is 13.5. The summed E-state index contributed by atoms with van der Waals surface area (Å²) < 4.78 is 7.74. The number of nitrogens with zero attached hydrogens (tertiary/aromatic N) is 2. The standard InChI is InChI=1S/C19H21N3O.ClH/c20-11-4-12-22-14-18(13-21-22)17-7-9-19(10-8-17)23-15-16-5-2-1-3-6-16;/h1-3,5-10,13-14H,4,11-12,15,20H2;1H. The molecule has 0 aliphatic carbocycles. The van der Waals surface area contributed by atoms with Gasteiger partial charge in [-0.25, -0.2) is 0 Å². The molecule has 126 valence electrons. The zero-order chi connectivity index (χ0) is 15.9. The van der Waals surface area contributed by atoms with Gasteiger partial charge in [0.05, 0.1) is 6.20 Å². The Hall–Kier alpha value is -2.30. The Morgan fingerprint density at radius 2 is 1.71 bits per heavy atom. The van der Waals surface area contributed by atoms with Crippen molar-refractivity contribution in [3.63, 3.8) is 0 Å². The lowest BCUT2D eigenvalue weighted by atomic mass is 10.1. The third kappa shape index (κ3) is 4.85. The fourth-order valence-electron chi connectivity index (χ4n) is 2.37. The molecule has 0 unspecified atom stereocenters. The summed E-state index contributed by atoms with van der Waals surface area (Å²) in [6.07, 6.45) is 4.87. The molecule has 3 rings (SSSR count). The maximum atomic E-state index is 5.81. The molecule has 0 bridgehead atoms. The van der Waals surface area contributed by atoms with Crippen molar-refractivity contribution in [2.45, 2.75) is 19.6 Å². The first-order chi connectivity index (χ1) is 11.3. The lowest BCUT2D eigenvalue weighted by Gasteiger charge is -2.07. The molecule has 0 saturated carbocycles. The van der Waals surface area contributed by atoms with Crippen LogP contribution in [0.3, 0.4) is 0 Å². The first-order valence-corrected chi connectivity index (χ1v) is 7.85. The first kappa shape index (κ1) is 18.0. The normalized spacial score (nSPS) is 10.2. The van der Waals surface area contributed by atoms with Crippen molar-refractivity contribution < 1.29 is 4.74 Å². The topological polar surface area (TPSA) is 53.1 Å². The van der Waals surface area contributed by atoms with Crippen molar-refractivity contribution in [3.8, 4) is 16.9 Å². The second-order valence-electron chi connectivity index (χ2n) is 5.43. The number of nitrogens with two attached hydrogens (primary N) is 1. The van der Waals surface area contributed by atoms with Crippen molar-refractivity contribution in [2.24, 2.45) is 5.73 Å². The predicted octanol–water partition coefficient (Wildman–Crippen LogP) is 3.90.